The summed E-state index contributed by atoms with van der Waals surface area (Å²) in [5.41, 5.74) is 0. The molecule has 0 saturated carbocycles. The molecule has 0 unspecified atom stereocenters. The lowest BCUT2D eigenvalue weighted by molar-refractivity contribution is -0.146. The standard InChI is InChI=1S/C9H13NO2.ClH/c1-2-12-9(11)8-6-3-4-7(5-6)10-8;/h3-4,6-8,10H,2,5H2,1H3;1H/t6-,7+,8-;/m0./s1. The van der Waals surface area contributed by atoms with Crippen molar-refractivity contribution in [2.24, 2.45) is 5.92 Å². The van der Waals surface area contributed by atoms with E-state index in [2.05, 4.69) is 17.5 Å². The molecule has 1 N–H and O–H groups in total. The minimum atomic E-state index is -0.102. The summed E-state index contributed by atoms with van der Waals surface area (Å²) in [4.78, 5) is 11.3. The molecule has 1 aliphatic heterocycles. The zero-order valence-corrected chi connectivity index (χ0v) is 8.34. The summed E-state index contributed by atoms with van der Waals surface area (Å²) >= 11 is 0. The maximum atomic E-state index is 11.3. The van der Waals surface area contributed by atoms with Crippen molar-refractivity contribution >= 4 is 18.4 Å². The molecule has 0 radical (unpaired) electrons. The smallest absolute Gasteiger partial charge is 0.323 e. The van der Waals surface area contributed by atoms with E-state index >= 15 is 0 Å². The zero-order valence-electron chi connectivity index (χ0n) is 7.53. The SMILES string of the molecule is CCOC(=O)[C@H]1N[C@@H]2C=C[C@H]1C2.Cl. The van der Waals surface area contributed by atoms with Gasteiger partial charge in [-0.25, -0.2) is 0 Å². The second-order valence-electron chi connectivity index (χ2n) is 3.29. The molecule has 0 spiro atoms. The largest absolute Gasteiger partial charge is 0.465 e. The molecule has 13 heavy (non-hydrogen) atoms. The molecule has 2 aliphatic rings. The second-order valence-corrected chi connectivity index (χ2v) is 3.29. The van der Waals surface area contributed by atoms with Crippen molar-refractivity contribution < 1.29 is 9.53 Å². The number of hydrogen-bond acceptors (Lipinski definition) is 3. The Labute approximate surface area is 83.9 Å². The Morgan fingerprint density at radius 3 is 2.85 bits per heavy atom. The van der Waals surface area contributed by atoms with Gasteiger partial charge in [-0.1, -0.05) is 12.2 Å². The predicted molar refractivity (Wildman–Crippen MR) is 51.8 cm³/mol. The summed E-state index contributed by atoms with van der Waals surface area (Å²) in [7, 11) is 0. The maximum absolute atomic E-state index is 11.3. The van der Waals surface area contributed by atoms with Crippen molar-refractivity contribution in [3.8, 4) is 0 Å². The van der Waals surface area contributed by atoms with Gasteiger partial charge < -0.3 is 4.74 Å². The van der Waals surface area contributed by atoms with Crippen LogP contribution in [-0.2, 0) is 9.53 Å². The molecular formula is C9H14ClNO2. The summed E-state index contributed by atoms with van der Waals surface area (Å²) in [6.45, 7) is 2.30. The summed E-state index contributed by atoms with van der Waals surface area (Å²) in [5, 5.41) is 3.21. The third-order valence-corrected chi connectivity index (χ3v) is 2.48. The second kappa shape index (κ2) is 4.11. The summed E-state index contributed by atoms with van der Waals surface area (Å²) in [6, 6.07) is 0.323. The highest BCUT2D eigenvalue weighted by Crippen LogP contribution is 2.29. The molecule has 1 fully saturated rings. The third kappa shape index (κ3) is 1.86. The van der Waals surface area contributed by atoms with E-state index in [1.54, 1.807) is 0 Å². The normalized spacial score (nSPS) is 34.4. The van der Waals surface area contributed by atoms with Gasteiger partial charge in [-0.05, 0) is 13.3 Å². The third-order valence-electron chi connectivity index (χ3n) is 2.48. The molecule has 0 aromatic rings. The highest BCUT2D eigenvalue weighted by molar-refractivity contribution is 5.85. The first kappa shape index (κ1) is 10.5. The molecule has 4 heteroatoms. The Morgan fingerprint density at radius 1 is 1.62 bits per heavy atom. The van der Waals surface area contributed by atoms with Gasteiger partial charge in [0.25, 0.3) is 0 Å². The van der Waals surface area contributed by atoms with Crippen molar-refractivity contribution in [2.45, 2.75) is 25.4 Å². The zero-order chi connectivity index (χ0) is 8.55. The van der Waals surface area contributed by atoms with E-state index in [0.717, 1.165) is 6.42 Å². The average Bonchev–Trinajstić information content (AvgIpc) is 2.64. The van der Waals surface area contributed by atoms with E-state index in [1.807, 2.05) is 6.92 Å². The number of carbonyl (C=O) groups is 1. The predicted octanol–water partition coefficient (Wildman–Crippen LogP) is 0.888. The van der Waals surface area contributed by atoms with Crippen molar-refractivity contribution in [1.29, 1.82) is 0 Å². The fraction of sp³-hybridized carbons (Fsp3) is 0.667. The van der Waals surface area contributed by atoms with E-state index in [9.17, 15) is 4.79 Å². The lowest BCUT2D eigenvalue weighted by Crippen LogP contribution is -2.40. The van der Waals surface area contributed by atoms with Crippen molar-refractivity contribution in [3.05, 3.63) is 12.2 Å². The molecule has 0 aromatic carbocycles. The molecule has 3 atom stereocenters. The van der Waals surface area contributed by atoms with Crippen LogP contribution in [0, 0.1) is 5.92 Å². The molecule has 0 aromatic heterocycles. The molecule has 2 rings (SSSR count). The topological polar surface area (TPSA) is 38.3 Å². The summed E-state index contributed by atoms with van der Waals surface area (Å²) in [6.07, 6.45) is 5.30. The molecule has 1 aliphatic carbocycles. The number of esters is 1. The Hall–Kier alpha value is -0.540. The molecule has 74 valence electrons. The van der Waals surface area contributed by atoms with Gasteiger partial charge in [0, 0.05) is 12.0 Å². The number of halogens is 1. The molecule has 1 saturated heterocycles. The van der Waals surface area contributed by atoms with Crippen LogP contribution < -0.4 is 5.32 Å². The minimum Gasteiger partial charge on any atom is -0.465 e. The van der Waals surface area contributed by atoms with Gasteiger partial charge in [0.05, 0.1) is 6.61 Å². The first-order valence-electron chi connectivity index (χ1n) is 4.42. The fourth-order valence-corrected chi connectivity index (χ4v) is 1.93. The first-order valence-corrected chi connectivity index (χ1v) is 4.42. The molecule has 2 bridgehead atoms. The van der Waals surface area contributed by atoms with Gasteiger partial charge in [0.15, 0.2) is 0 Å². The van der Waals surface area contributed by atoms with Gasteiger partial charge >= 0.3 is 5.97 Å². The van der Waals surface area contributed by atoms with Crippen molar-refractivity contribution in [3.63, 3.8) is 0 Å². The Balaban J connectivity index is 0.000000845. The van der Waals surface area contributed by atoms with Gasteiger partial charge in [-0.3, -0.25) is 10.1 Å². The van der Waals surface area contributed by atoms with E-state index in [4.69, 9.17) is 4.74 Å². The van der Waals surface area contributed by atoms with Crippen LogP contribution in [0.25, 0.3) is 0 Å². The lowest BCUT2D eigenvalue weighted by Gasteiger charge is -2.17. The van der Waals surface area contributed by atoms with Gasteiger partial charge in [0.1, 0.15) is 6.04 Å². The fourth-order valence-electron chi connectivity index (χ4n) is 1.93. The van der Waals surface area contributed by atoms with E-state index in [1.165, 1.54) is 0 Å². The van der Waals surface area contributed by atoms with Crippen LogP contribution in [-0.4, -0.2) is 24.7 Å². The average molecular weight is 204 g/mol. The minimum absolute atomic E-state index is 0. The molecule has 1 heterocycles. The van der Waals surface area contributed by atoms with Crippen LogP contribution in [0.4, 0.5) is 0 Å². The summed E-state index contributed by atoms with van der Waals surface area (Å²) in [5.74, 6) is 0.267. The van der Waals surface area contributed by atoms with Gasteiger partial charge in [-0.2, -0.15) is 0 Å². The van der Waals surface area contributed by atoms with Crippen LogP contribution in [0.2, 0.25) is 0 Å². The van der Waals surface area contributed by atoms with E-state index in [-0.39, 0.29) is 24.4 Å². The molecule has 3 nitrogen and oxygen atoms in total. The quantitative estimate of drug-likeness (QED) is 0.535. The highest BCUT2D eigenvalue weighted by Gasteiger charge is 2.39. The Kier molecular flexibility index (Phi) is 3.33. The molecular weight excluding hydrogens is 190 g/mol. The monoisotopic (exact) mass is 203 g/mol. The van der Waals surface area contributed by atoms with Crippen LogP contribution >= 0.6 is 12.4 Å². The maximum Gasteiger partial charge on any atom is 0.323 e. The van der Waals surface area contributed by atoms with Gasteiger partial charge in [0.2, 0.25) is 0 Å². The van der Waals surface area contributed by atoms with Crippen LogP contribution in [0.15, 0.2) is 12.2 Å². The number of fused-ring (bicyclic) bond motifs is 2. The number of ether oxygens (including phenoxy) is 1. The van der Waals surface area contributed by atoms with Gasteiger partial charge in [-0.15, -0.1) is 12.4 Å². The Morgan fingerprint density at radius 2 is 2.38 bits per heavy atom. The Bertz CT molecular complexity index is 230. The van der Waals surface area contributed by atoms with E-state index < -0.39 is 0 Å². The number of hydrogen-bond donors (Lipinski definition) is 1. The van der Waals surface area contributed by atoms with E-state index in [0.29, 0.717) is 18.6 Å². The number of rotatable bonds is 2. The van der Waals surface area contributed by atoms with Crippen LogP contribution in [0.1, 0.15) is 13.3 Å². The number of carbonyl (C=O) groups excluding carboxylic acids is 1. The lowest BCUT2D eigenvalue weighted by atomic mass is 10.0. The first-order chi connectivity index (χ1) is 5.81. The molecule has 0 amide bonds. The van der Waals surface area contributed by atoms with Crippen molar-refractivity contribution in [2.75, 3.05) is 6.61 Å². The number of nitrogens with one attached hydrogen (secondary N) is 1. The van der Waals surface area contributed by atoms with Crippen molar-refractivity contribution in [1.82, 2.24) is 5.32 Å². The highest BCUT2D eigenvalue weighted by atomic mass is 35.5. The van der Waals surface area contributed by atoms with Crippen LogP contribution in [0.3, 0.4) is 0 Å². The summed E-state index contributed by atoms with van der Waals surface area (Å²) < 4.78 is 4.94. The van der Waals surface area contributed by atoms with Crippen LogP contribution in [0.5, 0.6) is 0 Å².